The Kier molecular flexibility index (Phi) is 5.93. The van der Waals surface area contributed by atoms with E-state index in [-0.39, 0.29) is 11.9 Å². The summed E-state index contributed by atoms with van der Waals surface area (Å²) < 4.78 is 7.23. The second kappa shape index (κ2) is 9.55. The Morgan fingerprint density at radius 3 is 2.78 bits per heavy atom. The molecular weight excluding hydrogens is 468 g/mol. The molecule has 4 aromatic heterocycles. The van der Waals surface area contributed by atoms with Gasteiger partial charge in [-0.25, -0.2) is 15.0 Å². The van der Waals surface area contributed by atoms with Gasteiger partial charge in [0.15, 0.2) is 5.82 Å². The number of aromatic nitrogens is 6. The highest BCUT2D eigenvalue weighted by molar-refractivity contribution is 6.11. The van der Waals surface area contributed by atoms with Crippen molar-refractivity contribution in [3.63, 3.8) is 0 Å². The van der Waals surface area contributed by atoms with Crippen molar-refractivity contribution in [3.8, 4) is 11.1 Å². The number of carbonyl (C=O) groups excluding carboxylic acids is 1. The van der Waals surface area contributed by atoms with Crippen molar-refractivity contribution in [2.45, 2.75) is 13.0 Å². The van der Waals surface area contributed by atoms with Crippen molar-refractivity contribution in [3.05, 3.63) is 72.7 Å². The molecule has 1 amide bonds. The first-order valence-electron chi connectivity index (χ1n) is 12.2. The zero-order chi connectivity index (χ0) is 25.4. The van der Waals surface area contributed by atoms with Crippen LogP contribution in [0.1, 0.15) is 29.1 Å². The third-order valence-corrected chi connectivity index (χ3v) is 6.59. The molecule has 1 aromatic carbocycles. The van der Waals surface area contributed by atoms with Gasteiger partial charge in [-0.15, -0.1) is 0 Å². The number of morpholine rings is 1. The minimum Gasteiger partial charge on any atom is -0.378 e. The summed E-state index contributed by atoms with van der Waals surface area (Å²) in [6, 6.07) is 11.5. The van der Waals surface area contributed by atoms with Gasteiger partial charge < -0.3 is 15.0 Å². The molecule has 0 aliphatic carbocycles. The molecule has 5 heterocycles. The lowest BCUT2D eigenvalue weighted by molar-refractivity contribution is 0.0300. The molecule has 10 nitrogen and oxygen atoms in total. The average Bonchev–Trinajstić information content (AvgIpc) is 3.38. The molecular formula is C27H26N8O2. The number of fused-ring (bicyclic) bond motifs is 2. The van der Waals surface area contributed by atoms with Crippen LogP contribution in [0.3, 0.4) is 0 Å². The smallest absolute Gasteiger partial charge is 0.273 e. The number of pyridine rings is 2. The molecule has 1 N–H and O–H groups in total. The number of nitrogens with one attached hydrogen (secondary N) is 1. The quantitative estimate of drug-likeness (QED) is 0.394. The largest absolute Gasteiger partial charge is 0.378 e. The lowest BCUT2D eigenvalue weighted by atomic mass is 9.97. The molecule has 1 unspecified atom stereocenters. The van der Waals surface area contributed by atoms with Crippen molar-refractivity contribution in [1.82, 2.24) is 34.6 Å². The number of anilines is 1. The van der Waals surface area contributed by atoms with Gasteiger partial charge in [-0.1, -0.05) is 18.2 Å². The van der Waals surface area contributed by atoms with Crippen molar-refractivity contribution in [2.75, 3.05) is 31.6 Å². The fourth-order valence-electron chi connectivity index (χ4n) is 4.70. The highest BCUT2D eigenvalue weighted by Crippen LogP contribution is 2.33. The molecule has 186 valence electrons. The minimum absolute atomic E-state index is 0.104. The van der Waals surface area contributed by atoms with Crippen molar-refractivity contribution in [1.29, 1.82) is 0 Å². The Morgan fingerprint density at radius 2 is 1.97 bits per heavy atom. The SMILES string of the molecule is CC(Nc1ncnc2cccnc12)c1cc2cccc(-c3cnn(C)c3)c2c(C(=O)N2CCOCC2)n1. The van der Waals surface area contributed by atoms with Crippen LogP contribution in [0.5, 0.6) is 0 Å². The monoisotopic (exact) mass is 494 g/mol. The summed E-state index contributed by atoms with van der Waals surface area (Å²) in [6.45, 7) is 4.11. The molecule has 37 heavy (non-hydrogen) atoms. The first-order chi connectivity index (χ1) is 18.1. The molecule has 0 saturated carbocycles. The molecule has 1 aliphatic heterocycles. The van der Waals surface area contributed by atoms with Crippen LogP contribution in [0.25, 0.3) is 32.9 Å². The van der Waals surface area contributed by atoms with E-state index in [0.29, 0.717) is 43.3 Å². The number of hydrogen-bond donors (Lipinski definition) is 1. The topological polar surface area (TPSA) is 111 Å². The Labute approximate surface area is 213 Å². The zero-order valence-corrected chi connectivity index (χ0v) is 20.6. The van der Waals surface area contributed by atoms with E-state index in [2.05, 4.69) is 25.4 Å². The van der Waals surface area contributed by atoms with Gasteiger partial charge in [-0.2, -0.15) is 5.10 Å². The van der Waals surface area contributed by atoms with Crippen LogP contribution in [-0.4, -0.2) is 66.8 Å². The van der Waals surface area contributed by atoms with Gasteiger partial charge in [-0.3, -0.25) is 14.5 Å². The van der Waals surface area contributed by atoms with Gasteiger partial charge in [0.05, 0.1) is 36.7 Å². The molecule has 5 aromatic rings. The van der Waals surface area contributed by atoms with E-state index in [0.717, 1.165) is 33.1 Å². The van der Waals surface area contributed by atoms with E-state index in [1.54, 1.807) is 10.9 Å². The molecule has 0 spiro atoms. The molecule has 1 aliphatic rings. The van der Waals surface area contributed by atoms with Crippen LogP contribution in [0.2, 0.25) is 0 Å². The predicted octanol–water partition coefficient (Wildman–Crippen LogP) is 3.62. The van der Waals surface area contributed by atoms with E-state index < -0.39 is 0 Å². The number of nitrogens with zero attached hydrogens (tertiary/aromatic N) is 7. The first-order valence-corrected chi connectivity index (χ1v) is 12.2. The van der Waals surface area contributed by atoms with Crippen molar-refractivity contribution in [2.24, 2.45) is 7.05 Å². The van der Waals surface area contributed by atoms with Gasteiger partial charge in [0.1, 0.15) is 17.5 Å². The van der Waals surface area contributed by atoms with Crippen LogP contribution in [0.4, 0.5) is 5.82 Å². The summed E-state index contributed by atoms with van der Waals surface area (Å²) in [5.74, 6) is 0.512. The van der Waals surface area contributed by atoms with E-state index in [1.807, 2.05) is 67.7 Å². The molecule has 1 atom stereocenters. The Morgan fingerprint density at radius 1 is 1.11 bits per heavy atom. The van der Waals surface area contributed by atoms with E-state index in [4.69, 9.17) is 9.72 Å². The number of amides is 1. The van der Waals surface area contributed by atoms with E-state index in [1.165, 1.54) is 6.33 Å². The third-order valence-electron chi connectivity index (χ3n) is 6.59. The summed E-state index contributed by atoms with van der Waals surface area (Å²) in [7, 11) is 1.88. The maximum Gasteiger partial charge on any atom is 0.273 e. The zero-order valence-electron chi connectivity index (χ0n) is 20.6. The Bertz CT molecular complexity index is 1600. The number of rotatable bonds is 5. The van der Waals surface area contributed by atoms with Crippen molar-refractivity contribution < 1.29 is 9.53 Å². The van der Waals surface area contributed by atoms with Gasteiger partial charge in [0.2, 0.25) is 0 Å². The fourth-order valence-corrected chi connectivity index (χ4v) is 4.70. The number of aryl methyl sites for hydroxylation is 1. The van der Waals surface area contributed by atoms with Crippen LogP contribution in [-0.2, 0) is 11.8 Å². The van der Waals surface area contributed by atoms with Gasteiger partial charge in [0.25, 0.3) is 5.91 Å². The third kappa shape index (κ3) is 4.36. The summed E-state index contributed by atoms with van der Waals surface area (Å²) >= 11 is 0. The fraction of sp³-hybridized carbons (Fsp3) is 0.259. The van der Waals surface area contributed by atoms with Crippen LogP contribution >= 0.6 is 0 Å². The molecule has 1 fully saturated rings. The maximum absolute atomic E-state index is 13.8. The van der Waals surface area contributed by atoms with Crippen LogP contribution in [0, 0.1) is 0 Å². The van der Waals surface area contributed by atoms with E-state index >= 15 is 0 Å². The van der Waals surface area contributed by atoms with Gasteiger partial charge in [0, 0.05) is 43.5 Å². The Hall–Kier alpha value is -4.44. The van der Waals surface area contributed by atoms with Crippen molar-refractivity contribution >= 4 is 33.5 Å². The Balaban J connectivity index is 1.47. The number of benzene rings is 1. The predicted molar refractivity (Wildman–Crippen MR) is 140 cm³/mol. The number of carbonyl (C=O) groups is 1. The minimum atomic E-state index is -0.247. The average molecular weight is 495 g/mol. The standard InChI is InChI=1S/C27H26N8O2/c1-17(32-26-24-21(29-16-30-26)7-4-8-28-24)22-13-18-5-3-6-20(19-14-31-34(2)15-19)23(18)25(33-22)27(36)35-9-11-37-12-10-35/h3-8,13-17H,9-12H2,1-2H3,(H,29,30,32). The molecule has 0 radical (unpaired) electrons. The molecule has 1 saturated heterocycles. The maximum atomic E-state index is 13.8. The normalized spacial score (nSPS) is 14.7. The lowest BCUT2D eigenvalue weighted by Gasteiger charge is -2.27. The second-order valence-electron chi connectivity index (χ2n) is 9.07. The molecule has 6 rings (SSSR count). The summed E-state index contributed by atoms with van der Waals surface area (Å²) in [6.07, 6.45) is 6.99. The summed E-state index contributed by atoms with van der Waals surface area (Å²) in [4.78, 5) is 33.8. The highest BCUT2D eigenvalue weighted by atomic mass is 16.5. The number of hydrogen-bond acceptors (Lipinski definition) is 8. The van der Waals surface area contributed by atoms with Gasteiger partial charge >= 0.3 is 0 Å². The first kappa shape index (κ1) is 23.0. The summed E-state index contributed by atoms with van der Waals surface area (Å²) in [5, 5.41) is 9.51. The molecule has 10 heteroatoms. The van der Waals surface area contributed by atoms with Crippen LogP contribution < -0.4 is 5.32 Å². The van der Waals surface area contributed by atoms with Gasteiger partial charge in [-0.05, 0) is 36.1 Å². The highest BCUT2D eigenvalue weighted by Gasteiger charge is 2.25. The molecule has 0 bridgehead atoms. The second-order valence-corrected chi connectivity index (χ2v) is 9.07. The lowest BCUT2D eigenvalue weighted by Crippen LogP contribution is -2.41. The summed E-state index contributed by atoms with van der Waals surface area (Å²) in [5.41, 5.74) is 4.45. The van der Waals surface area contributed by atoms with E-state index in [9.17, 15) is 4.79 Å². The number of ether oxygens (including phenoxy) is 1. The van der Waals surface area contributed by atoms with Crippen LogP contribution in [0.15, 0.2) is 61.3 Å².